The highest BCUT2D eigenvalue weighted by atomic mass is 35.6. The van der Waals surface area contributed by atoms with Crippen molar-refractivity contribution in [2.75, 3.05) is 11.1 Å². The molecule has 0 bridgehead atoms. The average molecular weight is 315 g/mol. The molecule has 0 radical (unpaired) electrons. The van der Waals surface area contributed by atoms with E-state index in [-0.39, 0.29) is 5.75 Å². The van der Waals surface area contributed by atoms with Gasteiger partial charge in [-0.1, -0.05) is 53.0 Å². The van der Waals surface area contributed by atoms with E-state index in [1.807, 2.05) is 30.3 Å². The minimum atomic E-state index is -1.59. The van der Waals surface area contributed by atoms with E-state index >= 15 is 0 Å². The number of carboxylic acid groups (broad SMARTS) is 1. The summed E-state index contributed by atoms with van der Waals surface area (Å²) < 4.78 is -1.59. The fraction of sp³-hybridized carbons (Fsp3) is 0.300. The van der Waals surface area contributed by atoms with Gasteiger partial charge in [-0.3, -0.25) is 4.79 Å². The van der Waals surface area contributed by atoms with Crippen LogP contribution in [0.3, 0.4) is 0 Å². The van der Waals surface area contributed by atoms with Gasteiger partial charge in [-0.25, -0.2) is 0 Å². The van der Waals surface area contributed by atoms with Crippen LogP contribution in [0.5, 0.6) is 0 Å². The Morgan fingerprint density at radius 2 is 1.94 bits per heavy atom. The second-order valence-electron chi connectivity index (χ2n) is 3.14. The lowest BCUT2D eigenvalue weighted by atomic mass is 10.3. The number of benzene rings is 1. The van der Waals surface area contributed by atoms with Crippen molar-refractivity contribution in [2.24, 2.45) is 0 Å². The summed E-state index contributed by atoms with van der Waals surface area (Å²) in [5.74, 6) is -1.09. The molecule has 1 aromatic carbocycles. The van der Waals surface area contributed by atoms with Crippen molar-refractivity contribution in [3.05, 3.63) is 30.3 Å². The standard InChI is InChI=1S/C10H10Cl3NO2S/c11-10(12,13)9(17-6-8(15)16)14-7-4-2-1-3-5-7/h1-5,9,14H,6H2,(H,15,16). The first-order valence-electron chi connectivity index (χ1n) is 4.61. The molecule has 3 nitrogen and oxygen atoms in total. The third-order valence-electron chi connectivity index (χ3n) is 1.74. The lowest BCUT2D eigenvalue weighted by Crippen LogP contribution is -2.31. The van der Waals surface area contributed by atoms with E-state index in [9.17, 15) is 4.79 Å². The summed E-state index contributed by atoms with van der Waals surface area (Å²) in [4.78, 5) is 10.5. The van der Waals surface area contributed by atoms with Gasteiger partial charge in [0, 0.05) is 5.69 Å². The van der Waals surface area contributed by atoms with Crippen molar-refractivity contribution in [1.82, 2.24) is 0 Å². The van der Waals surface area contributed by atoms with Gasteiger partial charge in [0.2, 0.25) is 3.79 Å². The van der Waals surface area contributed by atoms with Gasteiger partial charge in [-0.2, -0.15) is 0 Å². The number of carbonyl (C=O) groups is 1. The predicted molar refractivity (Wildman–Crippen MR) is 74.2 cm³/mol. The molecule has 7 heteroatoms. The van der Waals surface area contributed by atoms with E-state index in [2.05, 4.69) is 5.32 Å². The van der Waals surface area contributed by atoms with E-state index < -0.39 is 15.1 Å². The van der Waals surface area contributed by atoms with Crippen LogP contribution in [0.4, 0.5) is 5.69 Å². The quantitative estimate of drug-likeness (QED) is 0.644. The highest BCUT2D eigenvalue weighted by Crippen LogP contribution is 2.37. The summed E-state index contributed by atoms with van der Waals surface area (Å²) in [6.07, 6.45) is 0. The molecule has 94 valence electrons. The largest absolute Gasteiger partial charge is 0.481 e. The number of hydrogen-bond acceptors (Lipinski definition) is 3. The number of alkyl halides is 3. The second-order valence-corrected chi connectivity index (χ2v) is 6.60. The predicted octanol–water partition coefficient (Wildman–Crippen LogP) is 3.61. The summed E-state index contributed by atoms with van der Waals surface area (Å²) in [6, 6.07) is 9.15. The van der Waals surface area contributed by atoms with Crippen molar-refractivity contribution in [2.45, 2.75) is 9.17 Å². The van der Waals surface area contributed by atoms with Gasteiger partial charge in [0.1, 0.15) is 5.37 Å². The number of carboxylic acids is 1. The molecule has 1 aromatic rings. The summed E-state index contributed by atoms with van der Waals surface area (Å²) in [5, 5.41) is 11.0. The Balaban J connectivity index is 2.68. The summed E-state index contributed by atoms with van der Waals surface area (Å²) in [7, 11) is 0. The Labute approximate surface area is 118 Å². The van der Waals surface area contributed by atoms with Crippen molar-refractivity contribution in [3.63, 3.8) is 0 Å². The van der Waals surface area contributed by atoms with Crippen LogP contribution in [0.25, 0.3) is 0 Å². The molecular formula is C10H10Cl3NO2S. The number of rotatable bonds is 5. The number of hydrogen-bond donors (Lipinski definition) is 2. The van der Waals surface area contributed by atoms with E-state index in [4.69, 9.17) is 39.9 Å². The zero-order valence-corrected chi connectivity index (χ0v) is 11.7. The van der Waals surface area contributed by atoms with Crippen LogP contribution in [0.15, 0.2) is 30.3 Å². The first kappa shape index (κ1) is 14.8. The smallest absolute Gasteiger partial charge is 0.313 e. The number of anilines is 1. The fourth-order valence-corrected chi connectivity index (χ4v) is 2.51. The highest BCUT2D eigenvalue weighted by Gasteiger charge is 2.33. The van der Waals surface area contributed by atoms with Crippen molar-refractivity contribution >= 4 is 58.2 Å². The van der Waals surface area contributed by atoms with Crippen LogP contribution in [-0.4, -0.2) is 26.0 Å². The zero-order chi connectivity index (χ0) is 12.9. The van der Waals surface area contributed by atoms with Gasteiger partial charge in [0.05, 0.1) is 5.75 Å². The highest BCUT2D eigenvalue weighted by molar-refractivity contribution is 8.00. The second kappa shape index (κ2) is 6.59. The van der Waals surface area contributed by atoms with Crippen LogP contribution < -0.4 is 5.32 Å². The van der Waals surface area contributed by atoms with Crippen LogP contribution in [-0.2, 0) is 4.79 Å². The molecule has 0 aromatic heterocycles. The molecule has 1 atom stereocenters. The normalized spacial score (nSPS) is 13.1. The first-order chi connectivity index (χ1) is 7.89. The van der Waals surface area contributed by atoms with Gasteiger partial charge in [-0.05, 0) is 12.1 Å². The Bertz CT molecular complexity index is 370. The van der Waals surface area contributed by atoms with Crippen LogP contribution in [0, 0.1) is 0 Å². The van der Waals surface area contributed by atoms with Crippen LogP contribution >= 0.6 is 46.6 Å². The lowest BCUT2D eigenvalue weighted by Gasteiger charge is -2.25. The van der Waals surface area contributed by atoms with E-state index in [1.54, 1.807) is 0 Å². The molecule has 2 N–H and O–H groups in total. The first-order valence-corrected chi connectivity index (χ1v) is 6.79. The maximum absolute atomic E-state index is 10.5. The zero-order valence-electron chi connectivity index (χ0n) is 8.57. The number of nitrogens with one attached hydrogen (secondary N) is 1. The van der Waals surface area contributed by atoms with Gasteiger partial charge in [0.25, 0.3) is 0 Å². The monoisotopic (exact) mass is 313 g/mol. The Morgan fingerprint density at radius 1 is 1.35 bits per heavy atom. The fourth-order valence-electron chi connectivity index (χ4n) is 1.06. The Hall–Kier alpha value is -0.290. The summed E-state index contributed by atoms with van der Waals surface area (Å²) in [5.41, 5.74) is 0.765. The number of para-hydroxylation sites is 1. The van der Waals surface area contributed by atoms with E-state index in [0.29, 0.717) is 0 Å². The molecular weight excluding hydrogens is 305 g/mol. The molecule has 0 aliphatic heterocycles. The van der Waals surface area contributed by atoms with Crippen LogP contribution in [0.2, 0.25) is 0 Å². The van der Waals surface area contributed by atoms with E-state index in [1.165, 1.54) is 0 Å². The molecule has 0 aliphatic rings. The van der Waals surface area contributed by atoms with Gasteiger partial charge in [0.15, 0.2) is 0 Å². The Kier molecular flexibility index (Phi) is 5.73. The molecule has 1 rings (SSSR count). The van der Waals surface area contributed by atoms with E-state index in [0.717, 1.165) is 17.4 Å². The maximum atomic E-state index is 10.5. The third-order valence-corrected chi connectivity index (χ3v) is 4.00. The minimum absolute atomic E-state index is 0.140. The molecule has 0 amide bonds. The SMILES string of the molecule is O=C(O)CSC(Nc1ccccc1)C(Cl)(Cl)Cl. The number of halogens is 3. The molecule has 0 saturated heterocycles. The topological polar surface area (TPSA) is 49.3 Å². The van der Waals surface area contributed by atoms with Crippen molar-refractivity contribution in [3.8, 4) is 0 Å². The van der Waals surface area contributed by atoms with Gasteiger partial charge >= 0.3 is 5.97 Å². The Morgan fingerprint density at radius 3 is 2.41 bits per heavy atom. The summed E-state index contributed by atoms with van der Waals surface area (Å²) in [6.45, 7) is 0. The molecule has 0 heterocycles. The average Bonchev–Trinajstić information content (AvgIpc) is 2.23. The number of aliphatic carboxylic acids is 1. The molecule has 1 unspecified atom stereocenters. The summed E-state index contributed by atoms with van der Waals surface area (Å²) >= 11 is 18.4. The molecule has 0 aliphatic carbocycles. The molecule has 17 heavy (non-hydrogen) atoms. The minimum Gasteiger partial charge on any atom is -0.481 e. The van der Waals surface area contributed by atoms with Gasteiger partial charge < -0.3 is 10.4 Å². The van der Waals surface area contributed by atoms with Crippen molar-refractivity contribution in [1.29, 1.82) is 0 Å². The maximum Gasteiger partial charge on any atom is 0.313 e. The molecule has 0 saturated carbocycles. The van der Waals surface area contributed by atoms with Crippen molar-refractivity contribution < 1.29 is 9.90 Å². The van der Waals surface area contributed by atoms with Crippen LogP contribution in [0.1, 0.15) is 0 Å². The van der Waals surface area contributed by atoms with Gasteiger partial charge in [-0.15, -0.1) is 11.8 Å². The lowest BCUT2D eigenvalue weighted by molar-refractivity contribution is -0.133. The molecule has 0 spiro atoms. The third kappa shape index (κ3) is 5.73. The molecule has 0 fully saturated rings. The number of thioether (sulfide) groups is 1.